The zero-order chi connectivity index (χ0) is 16.2. The van der Waals surface area contributed by atoms with Gasteiger partial charge in [0.05, 0.1) is 11.3 Å². The Labute approximate surface area is 156 Å². The van der Waals surface area contributed by atoms with Crippen LogP contribution in [0.4, 0.5) is 10.6 Å². The van der Waals surface area contributed by atoms with Gasteiger partial charge >= 0.3 is 6.09 Å². The minimum atomic E-state index is -0.607. The maximum atomic E-state index is 12.1. The van der Waals surface area contributed by atoms with Gasteiger partial charge in [0, 0.05) is 44.2 Å². The molecule has 2 rings (SSSR count). The molecule has 1 aromatic heterocycles. The van der Waals surface area contributed by atoms with Crippen LogP contribution in [0.2, 0.25) is 0 Å². The molecular weight excluding hydrogens is 359 g/mol. The standard InChI is InChI=1S/C13H16N3O3.C2H5.Y/c1-13(2,3)19-12(17)16-10-7-8(18-4)5-6-9(10)11(14)15-16;1-2;/h5-7H,4H2,1-3H3,(H2,14,15);1H2,2H3;/q2*-1;. The molecule has 0 atom stereocenters. The monoisotopic (exact) mass is 380 g/mol. The molecule has 0 saturated carbocycles. The minimum Gasteiger partial charge on any atom is -0.665 e. The van der Waals surface area contributed by atoms with E-state index >= 15 is 0 Å². The molecule has 0 aliphatic carbocycles. The molecule has 0 fully saturated rings. The number of anilines is 1. The van der Waals surface area contributed by atoms with Crippen molar-refractivity contribution in [3.63, 3.8) is 0 Å². The van der Waals surface area contributed by atoms with Crippen molar-refractivity contribution in [3.8, 4) is 5.75 Å². The zero-order valence-corrected chi connectivity index (χ0v) is 16.3. The molecule has 0 amide bonds. The molecule has 119 valence electrons. The Morgan fingerprint density at radius 1 is 1.32 bits per heavy atom. The Bertz CT molecular complexity index is 633. The van der Waals surface area contributed by atoms with Crippen molar-refractivity contribution in [3.05, 3.63) is 32.2 Å². The fraction of sp³-hybridized carbons (Fsp3) is 0.333. The van der Waals surface area contributed by atoms with Gasteiger partial charge in [-0.05, 0) is 32.9 Å². The van der Waals surface area contributed by atoms with Gasteiger partial charge in [0.25, 0.3) is 0 Å². The average Bonchev–Trinajstić information content (AvgIpc) is 2.76. The van der Waals surface area contributed by atoms with Gasteiger partial charge in [0.1, 0.15) is 5.60 Å². The van der Waals surface area contributed by atoms with E-state index in [2.05, 4.69) is 19.1 Å². The largest absolute Gasteiger partial charge is 0.665 e. The SMILES string of the molecule is [CH2-]C.[CH2-]Oc1ccc2c(N)nn(C(=O)OC(C)(C)C)c2c1.[Y]. The molecule has 6 nitrogen and oxygen atoms in total. The van der Waals surface area contributed by atoms with Gasteiger partial charge in [-0.15, -0.1) is 5.10 Å². The van der Waals surface area contributed by atoms with E-state index in [4.69, 9.17) is 15.2 Å². The number of aromatic nitrogens is 2. The predicted octanol–water partition coefficient (Wildman–Crippen LogP) is 3.41. The molecule has 2 N–H and O–H groups in total. The van der Waals surface area contributed by atoms with Crippen LogP contribution in [-0.4, -0.2) is 21.5 Å². The Hall–Kier alpha value is -1.14. The number of fused-ring (bicyclic) bond motifs is 1. The van der Waals surface area contributed by atoms with E-state index in [0.29, 0.717) is 16.7 Å². The Morgan fingerprint density at radius 2 is 1.91 bits per heavy atom. The first-order valence-corrected chi connectivity index (χ1v) is 6.46. The Balaban J connectivity index is 0.00000141. The topological polar surface area (TPSA) is 79.4 Å². The van der Waals surface area contributed by atoms with E-state index in [1.807, 2.05) is 0 Å². The molecule has 2 aromatic rings. The molecule has 1 heterocycles. The third kappa shape index (κ3) is 4.95. The van der Waals surface area contributed by atoms with E-state index < -0.39 is 11.7 Å². The number of nitrogens with two attached hydrogens (primary N) is 1. The fourth-order valence-electron chi connectivity index (χ4n) is 1.65. The number of benzene rings is 1. The van der Waals surface area contributed by atoms with E-state index in [1.165, 1.54) is 0 Å². The molecule has 1 radical (unpaired) electrons. The summed E-state index contributed by atoms with van der Waals surface area (Å²) in [6, 6.07) is 5.06. The van der Waals surface area contributed by atoms with Crippen LogP contribution < -0.4 is 10.5 Å². The van der Waals surface area contributed by atoms with Crippen molar-refractivity contribution >= 4 is 22.8 Å². The van der Waals surface area contributed by atoms with Crippen molar-refractivity contribution in [1.82, 2.24) is 9.78 Å². The third-order valence-electron chi connectivity index (χ3n) is 2.41. The second-order valence-corrected chi connectivity index (χ2v) is 5.10. The van der Waals surface area contributed by atoms with Crippen molar-refractivity contribution in [2.45, 2.75) is 33.3 Å². The molecule has 0 bridgehead atoms. The third-order valence-corrected chi connectivity index (χ3v) is 2.41. The van der Waals surface area contributed by atoms with Crippen LogP contribution in [0.3, 0.4) is 0 Å². The van der Waals surface area contributed by atoms with Crippen LogP contribution in [0.15, 0.2) is 18.2 Å². The number of nitrogen functional groups attached to an aromatic ring is 1. The average molecular weight is 380 g/mol. The number of hydrogen-bond donors (Lipinski definition) is 1. The van der Waals surface area contributed by atoms with Crippen LogP contribution in [0, 0.1) is 14.0 Å². The molecule has 7 heteroatoms. The quantitative estimate of drug-likeness (QED) is 0.767. The van der Waals surface area contributed by atoms with Gasteiger partial charge in [-0.25, -0.2) is 4.79 Å². The molecule has 0 unspecified atom stereocenters. The minimum absolute atomic E-state index is 0. The number of carbonyl (C=O) groups excluding carboxylic acids is 1. The summed E-state index contributed by atoms with van der Waals surface area (Å²) in [4.78, 5) is 12.1. The molecule has 0 aliphatic rings. The Kier molecular flexibility index (Phi) is 8.05. The second kappa shape index (κ2) is 8.48. The predicted molar refractivity (Wildman–Crippen MR) is 82.8 cm³/mol. The van der Waals surface area contributed by atoms with E-state index in [9.17, 15) is 4.79 Å². The number of carbonyl (C=O) groups is 1. The summed E-state index contributed by atoms with van der Waals surface area (Å²) in [7, 11) is 3.33. The van der Waals surface area contributed by atoms with Crippen LogP contribution >= 0.6 is 0 Å². The summed E-state index contributed by atoms with van der Waals surface area (Å²) >= 11 is 0. The summed E-state index contributed by atoms with van der Waals surface area (Å²) < 4.78 is 11.3. The molecule has 0 aliphatic heterocycles. The first-order chi connectivity index (χ1) is 9.81. The number of ether oxygens (including phenoxy) is 2. The van der Waals surface area contributed by atoms with E-state index in [-0.39, 0.29) is 38.5 Å². The first kappa shape index (κ1) is 20.9. The van der Waals surface area contributed by atoms with Crippen molar-refractivity contribution in [2.75, 3.05) is 5.73 Å². The van der Waals surface area contributed by atoms with Crippen molar-refractivity contribution in [1.29, 1.82) is 0 Å². The van der Waals surface area contributed by atoms with Gasteiger partial charge < -0.3 is 22.1 Å². The van der Waals surface area contributed by atoms with Crippen molar-refractivity contribution in [2.24, 2.45) is 0 Å². The summed E-state index contributed by atoms with van der Waals surface area (Å²) in [5.41, 5.74) is 5.69. The van der Waals surface area contributed by atoms with Crippen LogP contribution in [0.25, 0.3) is 10.9 Å². The van der Waals surface area contributed by atoms with Gasteiger partial charge in [0.15, 0.2) is 5.82 Å². The maximum absolute atomic E-state index is 12.1. The summed E-state index contributed by atoms with van der Waals surface area (Å²) in [6.45, 7) is 10.3. The van der Waals surface area contributed by atoms with Gasteiger partial charge in [-0.2, -0.15) is 18.7 Å². The van der Waals surface area contributed by atoms with Gasteiger partial charge in [-0.1, -0.05) is 0 Å². The number of rotatable bonds is 1. The van der Waals surface area contributed by atoms with Gasteiger partial charge in [0.2, 0.25) is 0 Å². The second-order valence-electron chi connectivity index (χ2n) is 5.10. The van der Waals surface area contributed by atoms with Gasteiger partial charge in [-0.3, -0.25) is 0 Å². The smallest absolute Gasteiger partial charge is 0.435 e. The van der Waals surface area contributed by atoms with Crippen molar-refractivity contribution < 1.29 is 47.0 Å². The molecular formula is C15H21N3O3Y-2. The molecule has 22 heavy (non-hydrogen) atoms. The first-order valence-electron chi connectivity index (χ1n) is 6.46. The summed E-state index contributed by atoms with van der Waals surface area (Å²) in [5, 5.41) is 4.65. The normalized spacial score (nSPS) is 10.3. The number of hydrogen-bond acceptors (Lipinski definition) is 5. The zero-order valence-electron chi connectivity index (χ0n) is 13.4. The maximum Gasteiger partial charge on any atom is 0.435 e. The summed E-state index contributed by atoms with van der Waals surface area (Å²) in [6.07, 6.45) is -0.588. The molecule has 0 saturated heterocycles. The van der Waals surface area contributed by atoms with E-state index in [0.717, 1.165) is 4.68 Å². The molecule has 0 spiro atoms. The van der Waals surface area contributed by atoms with E-state index in [1.54, 1.807) is 45.9 Å². The van der Waals surface area contributed by atoms with Crippen LogP contribution in [0.5, 0.6) is 5.75 Å². The van der Waals surface area contributed by atoms with Crippen LogP contribution in [0.1, 0.15) is 27.7 Å². The number of nitrogens with zero attached hydrogens (tertiary/aromatic N) is 2. The van der Waals surface area contributed by atoms with Crippen LogP contribution in [-0.2, 0) is 37.4 Å². The Morgan fingerprint density at radius 3 is 2.41 bits per heavy atom. The summed E-state index contributed by atoms with van der Waals surface area (Å²) in [5.74, 6) is 0.772. The molecule has 1 aromatic carbocycles. The fourth-order valence-corrected chi connectivity index (χ4v) is 1.65.